The monoisotopic (exact) mass is 104 g/mol. The highest BCUT2D eigenvalue weighted by molar-refractivity contribution is 7.90. The maximum Gasteiger partial charge on any atom is 0.156 e. The fourth-order valence-corrected chi connectivity index (χ4v) is 0.795. The summed E-state index contributed by atoms with van der Waals surface area (Å²) in [5, 5.41) is 3.49. The molecule has 1 atom stereocenters. The van der Waals surface area contributed by atoms with Gasteiger partial charge < -0.3 is 4.55 Å². The minimum atomic E-state index is -0.965. The molecule has 1 rings (SSSR count). The molecule has 0 saturated heterocycles. The molecular weight excluding hydrogens is 100 g/mol. The lowest BCUT2D eigenvalue weighted by Gasteiger charge is -1.86. The number of hydrogen-bond acceptors (Lipinski definition) is 3. The Labute approximate surface area is 38.8 Å². The summed E-state index contributed by atoms with van der Waals surface area (Å²) in [7, 11) is 0. The summed E-state index contributed by atoms with van der Waals surface area (Å²) in [5.74, 6) is 0.625. The van der Waals surface area contributed by atoms with Gasteiger partial charge >= 0.3 is 0 Å². The van der Waals surface area contributed by atoms with Crippen LogP contribution < -0.4 is 0 Å². The van der Waals surface area contributed by atoms with Crippen molar-refractivity contribution in [2.24, 2.45) is 9.63 Å². The zero-order valence-electron chi connectivity index (χ0n) is 3.13. The van der Waals surface area contributed by atoms with Crippen LogP contribution in [0.1, 0.15) is 0 Å². The van der Waals surface area contributed by atoms with Crippen LogP contribution in [0.25, 0.3) is 0 Å². The molecule has 1 aliphatic heterocycles. The van der Waals surface area contributed by atoms with Crippen LogP contribution in [0.4, 0.5) is 0 Å². The largest absolute Gasteiger partial charge is 0.590 e. The van der Waals surface area contributed by atoms with Gasteiger partial charge in [-0.05, 0) is 0 Å². The highest BCUT2D eigenvalue weighted by Gasteiger charge is 2.08. The van der Waals surface area contributed by atoms with Crippen LogP contribution in [-0.4, -0.2) is 16.9 Å². The third-order valence-corrected chi connectivity index (χ3v) is 1.34. The molecule has 6 heavy (non-hydrogen) atoms. The second-order valence-electron chi connectivity index (χ2n) is 0.972. The summed E-state index contributed by atoms with van der Waals surface area (Å²) in [6.45, 7) is 0.645. The van der Waals surface area contributed by atoms with Gasteiger partial charge in [-0.2, -0.15) is 0 Å². The van der Waals surface area contributed by atoms with Crippen molar-refractivity contribution < 1.29 is 4.55 Å². The SMILES string of the molecule is [O-][S+]1CCN=N1. The van der Waals surface area contributed by atoms with Crippen LogP contribution in [0.2, 0.25) is 0 Å². The molecule has 3 nitrogen and oxygen atoms in total. The van der Waals surface area contributed by atoms with E-state index in [1.807, 2.05) is 0 Å². The van der Waals surface area contributed by atoms with E-state index in [0.717, 1.165) is 0 Å². The molecule has 0 N–H and O–H groups in total. The van der Waals surface area contributed by atoms with Crippen LogP contribution in [0.15, 0.2) is 9.63 Å². The van der Waals surface area contributed by atoms with Crippen LogP contribution in [0.5, 0.6) is 0 Å². The van der Waals surface area contributed by atoms with Gasteiger partial charge in [-0.15, -0.1) is 5.11 Å². The summed E-state index contributed by atoms with van der Waals surface area (Å²) < 4.78 is 13.4. The van der Waals surface area contributed by atoms with E-state index in [-0.39, 0.29) is 0 Å². The van der Waals surface area contributed by atoms with Crippen LogP contribution in [-0.2, 0) is 11.4 Å². The molecule has 4 heteroatoms. The minimum absolute atomic E-state index is 0.625. The highest BCUT2D eigenvalue weighted by atomic mass is 32.2. The first kappa shape index (κ1) is 4.08. The lowest BCUT2D eigenvalue weighted by Crippen LogP contribution is -1.95. The van der Waals surface area contributed by atoms with Crippen molar-refractivity contribution in [3.8, 4) is 0 Å². The Morgan fingerprint density at radius 3 is 2.67 bits per heavy atom. The normalized spacial score (nSPS) is 31.8. The van der Waals surface area contributed by atoms with E-state index < -0.39 is 11.4 Å². The van der Waals surface area contributed by atoms with Gasteiger partial charge in [0.1, 0.15) is 17.9 Å². The van der Waals surface area contributed by atoms with E-state index in [1.54, 1.807) is 0 Å². The van der Waals surface area contributed by atoms with E-state index in [4.69, 9.17) is 0 Å². The molecule has 0 aromatic heterocycles. The van der Waals surface area contributed by atoms with Gasteiger partial charge in [0.15, 0.2) is 5.75 Å². The van der Waals surface area contributed by atoms with Gasteiger partial charge in [0.2, 0.25) is 0 Å². The van der Waals surface area contributed by atoms with E-state index in [2.05, 4.69) is 9.63 Å². The Kier molecular flexibility index (Phi) is 1.07. The zero-order valence-corrected chi connectivity index (χ0v) is 3.94. The molecule has 0 spiro atoms. The highest BCUT2D eigenvalue weighted by Crippen LogP contribution is 2.00. The summed E-state index contributed by atoms with van der Waals surface area (Å²) in [5.41, 5.74) is 0. The molecule has 34 valence electrons. The molecule has 0 fully saturated rings. The topological polar surface area (TPSA) is 47.8 Å². The van der Waals surface area contributed by atoms with Crippen molar-refractivity contribution >= 4 is 11.4 Å². The number of rotatable bonds is 0. The van der Waals surface area contributed by atoms with Gasteiger partial charge in [0.25, 0.3) is 0 Å². The average molecular weight is 104 g/mol. The number of nitrogens with zero attached hydrogens (tertiary/aromatic N) is 2. The maximum absolute atomic E-state index is 10.1. The molecule has 0 aromatic rings. The summed E-state index contributed by atoms with van der Waals surface area (Å²) in [6.07, 6.45) is 0. The Balaban J connectivity index is 2.38. The van der Waals surface area contributed by atoms with Crippen molar-refractivity contribution in [3.63, 3.8) is 0 Å². The molecular formula is C2H4N2OS. The molecule has 0 amide bonds. The van der Waals surface area contributed by atoms with E-state index in [1.165, 1.54) is 0 Å². The Morgan fingerprint density at radius 1 is 1.67 bits per heavy atom. The van der Waals surface area contributed by atoms with Crippen molar-refractivity contribution in [2.75, 3.05) is 12.3 Å². The average Bonchev–Trinajstić information content (AvgIpc) is 1.86. The van der Waals surface area contributed by atoms with Crippen molar-refractivity contribution in [3.05, 3.63) is 0 Å². The summed E-state index contributed by atoms with van der Waals surface area (Å²) >= 11 is -0.965. The third-order valence-electron chi connectivity index (χ3n) is 0.515. The molecule has 0 saturated carbocycles. The van der Waals surface area contributed by atoms with Crippen LogP contribution in [0.3, 0.4) is 0 Å². The molecule has 0 bridgehead atoms. The lowest BCUT2D eigenvalue weighted by atomic mass is 10.8. The second kappa shape index (κ2) is 1.57. The van der Waals surface area contributed by atoms with E-state index in [0.29, 0.717) is 12.3 Å². The molecule has 0 aromatic carbocycles. The van der Waals surface area contributed by atoms with E-state index in [9.17, 15) is 4.55 Å². The fourth-order valence-electron chi connectivity index (χ4n) is 0.265. The Morgan fingerprint density at radius 2 is 2.50 bits per heavy atom. The molecule has 0 radical (unpaired) electrons. The maximum atomic E-state index is 10.1. The van der Waals surface area contributed by atoms with Gasteiger partial charge in [-0.1, -0.05) is 0 Å². The quantitative estimate of drug-likeness (QED) is 0.402. The number of hydrogen-bond donors (Lipinski definition) is 0. The molecule has 0 aliphatic carbocycles. The van der Waals surface area contributed by atoms with Crippen molar-refractivity contribution in [1.82, 2.24) is 0 Å². The van der Waals surface area contributed by atoms with Crippen LogP contribution in [0, 0.1) is 0 Å². The lowest BCUT2D eigenvalue weighted by molar-refractivity contribution is 0.600. The Hall–Kier alpha value is -0.0900. The smallest absolute Gasteiger partial charge is 0.156 e. The van der Waals surface area contributed by atoms with Crippen molar-refractivity contribution in [1.29, 1.82) is 0 Å². The summed E-state index contributed by atoms with van der Waals surface area (Å²) in [6, 6.07) is 0. The molecule has 1 heterocycles. The minimum Gasteiger partial charge on any atom is -0.590 e. The van der Waals surface area contributed by atoms with Gasteiger partial charge in [0, 0.05) is 4.52 Å². The second-order valence-corrected chi connectivity index (χ2v) is 2.19. The fraction of sp³-hybridized carbons (Fsp3) is 1.00. The third kappa shape index (κ3) is 0.693. The van der Waals surface area contributed by atoms with Gasteiger partial charge in [-0.3, -0.25) is 0 Å². The predicted octanol–water partition coefficient (Wildman–Crippen LogP) is 0.116. The first-order valence-electron chi connectivity index (χ1n) is 1.65. The zero-order chi connectivity index (χ0) is 4.41. The molecule has 1 aliphatic rings. The first-order chi connectivity index (χ1) is 2.89. The van der Waals surface area contributed by atoms with E-state index >= 15 is 0 Å². The van der Waals surface area contributed by atoms with Crippen LogP contribution >= 0.6 is 0 Å². The molecule has 1 unspecified atom stereocenters. The first-order valence-corrected chi connectivity index (χ1v) is 2.93. The summed E-state index contributed by atoms with van der Waals surface area (Å²) in [4.78, 5) is 0. The Bertz CT molecular complexity index is 73.9. The predicted molar refractivity (Wildman–Crippen MR) is 22.7 cm³/mol. The standard InChI is InChI=1S/C2H4N2OS/c5-6-2-1-3-4-6/h1-2H2. The van der Waals surface area contributed by atoms with Gasteiger partial charge in [0.05, 0.1) is 0 Å². The van der Waals surface area contributed by atoms with Crippen molar-refractivity contribution in [2.45, 2.75) is 0 Å². The van der Waals surface area contributed by atoms with Gasteiger partial charge in [-0.25, -0.2) is 0 Å².